The van der Waals surface area contributed by atoms with Crippen LogP contribution in [0.3, 0.4) is 0 Å². The van der Waals surface area contributed by atoms with Crippen molar-refractivity contribution in [1.29, 1.82) is 0 Å². The van der Waals surface area contributed by atoms with Gasteiger partial charge in [0.15, 0.2) is 0 Å². The lowest BCUT2D eigenvalue weighted by molar-refractivity contribution is -0.00000517. The van der Waals surface area contributed by atoms with E-state index in [4.69, 9.17) is 4.98 Å². The Morgan fingerprint density at radius 3 is 2.58 bits per heavy atom. The average molecular weight is 479 g/mol. The number of allylic oxidation sites excluding steroid dienone is 1. The fraction of sp³-hybridized carbons (Fsp3) is 0.333. The van der Waals surface area contributed by atoms with Gasteiger partial charge in [-0.15, -0.1) is 11.3 Å². The quantitative estimate of drug-likeness (QED) is 0.320. The molecule has 138 valence electrons. The van der Waals surface area contributed by atoms with Crippen LogP contribution in [-0.4, -0.2) is 33.2 Å². The van der Waals surface area contributed by atoms with Gasteiger partial charge in [-0.25, -0.2) is 9.56 Å². The summed E-state index contributed by atoms with van der Waals surface area (Å²) in [7, 11) is 8.34. The normalized spacial score (nSPS) is 11.1. The number of nitrogens with zero attached hydrogens (tertiary/aromatic N) is 3. The molecular weight excluding hydrogens is 453 g/mol. The Morgan fingerprint density at radius 2 is 1.92 bits per heavy atom. The van der Waals surface area contributed by atoms with Crippen LogP contribution in [0.1, 0.15) is 25.3 Å². The molecule has 0 atom stereocenters. The van der Waals surface area contributed by atoms with Gasteiger partial charge in [0.1, 0.15) is 14.1 Å². The zero-order chi connectivity index (χ0) is 18.0. The van der Waals surface area contributed by atoms with Crippen LogP contribution < -0.4 is 38.8 Å². The monoisotopic (exact) mass is 479 g/mol. The van der Waals surface area contributed by atoms with Gasteiger partial charge in [0.25, 0.3) is 0 Å². The van der Waals surface area contributed by atoms with Crippen LogP contribution in [0.15, 0.2) is 36.4 Å². The van der Waals surface area contributed by atoms with E-state index >= 15 is 0 Å². The molecule has 0 fully saturated rings. The van der Waals surface area contributed by atoms with Crippen molar-refractivity contribution in [1.82, 2.24) is 9.56 Å². The van der Waals surface area contributed by atoms with Gasteiger partial charge in [-0.3, -0.25) is 0 Å². The second-order valence-electron chi connectivity index (χ2n) is 6.72. The summed E-state index contributed by atoms with van der Waals surface area (Å²) >= 11 is 1.81. The van der Waals surface area contributed by atoms with E-state index in [9.17, 15) is 0 Å². The zero-order valence-corrected chi connectivity index (χ0v) is 19.1. The van der Waals surface area contributed by atoms with Crippen LogP contribution in [0.4, 0.5) is 5.69 Å². The Labute approximate surface area is 177 Å². The summed E-state index contributed by atoms with van der Waals surface area (Å²) in [5.41, 5.74) is 4.56. The molecule has 26 heavy (non-hydrogen) atoms. The van der Waals surface area contributed by atoms with Gasteiger partial charge < -0.3 is 28.9 Å². The van der Waals surface area contributed by atoms with Crippen LogP contribution in [0.2, 0.25) is 0 Å². The third-order valence-corrected chi connectivity index (χ3v) is 5.36. The minimum Gasteiger partial charge on any atom is -1.00 e. The first-order valence-electron chi connectivity index (χ1n) is 8.72. The fourth-order valence-electron chi connectivity index (χ4n) is 2.84. The van der Waals surface area contributed by atoms with E-state index < -0.39 is 0 Å². The molecule has 0 saturated heterocycles. The molecule has 0 amide bonds. The van der Waals surface area contributed by atoms with Gasteiger partial charge in [0.2, 0.25) is 5.36 Å². The van der Waals surface area contributed by atoms with Gasteiger partial charge in [0.05, 0.1) is 20.8 Å². The molecule has 1 aromatic carbocycles. The highest BCUT2D eigenvalue weighted by Crippen LogP contribution is 2.32. The minimum absolute atomic E-state index is 0. The first-order valence-corrected chi connectivity index (χ1v) is 9.54. The number of hydrogen-bond donors (Lipinski definition) is 0. The van der Waals surface area contributed by atoms with E-state index in [0.717, 1.165) is 17.6 Å². The third-order valence-electron chi connectivity index (χ3n) is 4.26. The summed E-state index contributed by atoms with van der Waals surface area (Å²) in [5.74, 6) is 0. The molecule has 1 heterocycles. The molecule has 3 nitrogen and oxygen atoms in total. The molecular formula is C21H26IN3S. The van der Waals surface area contributed by atoms with E-state index in [1.807, 2.05) is 11.3 Å². The van der Waals surface area contributed by atoms with Gasteiger partial charge in [-0.1, -0.05) is 25.5 Å². The van der Waals surface area contributed by atoms with Gasteiger partial charge in [-0.2, -0.15) is 0 Å². The number of benzene rings is 2. The maximum absolute atomic E-state index is 4.91. The van der Waals surface area contributed by atoms with Crippen LogP contribution in [0.5, 0.6) is 0 Å². The molecule has 0 aromatic heterocycles. The Hall–Kier alpha value is -1.47. The van der Waals surface area contributed by atoms with Gasteiger partial charge >= 0.3 is 0 Å². The third kappa shape index (κ3) is 4.43. The summed E-state index contributed by atoms with van der Waals surface area (Å²) in [6.07, 6.45) is 6.75. The maximum atomic E-state index is 4.91. The molecule has 2 aliphatic rings. The number of unbranched alkanes of at least 4 members (excludes halogenated alkanes) is 1. The van der Waals surface area contributed by atoms with Gasteiger partial charge in [-0.05, 0) is 30.7 Å². The lowest BCUT2D eigenvalue weighted by atomic mass is 10.1. The van der Waals surface area contributed by atoms with Crippen molar-refractivity contribution in [3.05, 3.63) is 47.3 Å². The maximum Gasteiger partial charge on any atom is 0.208 e. The summed E-state index contributed by atoms with van der Waals surface area (Å²) in [4.78, 5) is 8.26. The fourth-order valence-corrected chi connectivity index (χ4v) is 3.86. The Kier molecular flexibility index (Phi) is 7.17. The Morgan fingerprint density at radius 1 is 1.15 bits per heavy atom. The van der Waals surface area contributed by atoms with Crippen molar-refractivity contribution >= 4 is 33.3 Å². The van der Waals surface area contributed by atoms with Gasteiger partial charge in [0, 0.05) is 31.4 Å². The number of fused-ring (bicyclic) bond motifs is 2. The molecule has 1 aliphatic carbocycles. The van der Waals surface area contributed by atoms with Crippen molar-refractivity contribution in [3.63, 3.8) is 0 Å². The smallest absolute Gasteiger partial charge is 0.208 e. The average Bonchev–Trinajstić information content (AvgIpc) is 2.58. The number of anilines is 1. The van der Waals surface area contributed by atoms with Crippen molar-refractivity contribution in [2.75, 3.05) is 33.1 Å². The Balaban J connectivity index is 0.00000243. The summed E-state index contributed by atoms with van der Waals surface area (Å²) in [6.45, 7) is 2.20. The van der Waals surface area contributed by atoms with Crippen LogP contribution in [0, 0.1) is 0 Å². The molecule has 0 saturated carbocycles. The highest BCUT2D eigenvalue weighted by molar-refractivity contribution is 7.21. The SMILES string of the molecule is CCC/C=C/c1cc2nc3ccc(N(C)C)cc3sc-2cc1=[N+](C)C.[I-]. The highest BCUT2D eigenvalue weighted by atomic mass is 127. The van der Waals surface area contributed by atoms with E-state index in [0.29, 0.717) is 0 Å². The van der Waals surface area contributed by atoms with Crippen molar-refractivity contribution in [2.45, 2.75) is 19.8 Å². The lowest BCUT2D eigenvalue weighted by Crippen LogP contribution is -3.00. The number of halogens is 1. The van der Waals surface area contributed by atoms with Crippen LogP contribution in [0.25, 0.3) is 26.9 Å². The van der Waals surface area contributed by atoms with Crippen molar-refractivity contribution < 1.29 is 24.0 Å². The minimum atomic E-state index is 0. The predicted molar refractivity (Wildman–Crippen MR) is 112 cm³/mol. The van der Waals surface area contributed by atoms with E-state index in [-0.39, 0.29) is 24.0 Å². The van der Waals surface area contributed by atoms with Crippen molar-refractivity contribution in [3.8, 4) is 10.6 Å². The Bertz CT molecular complexity index is 969. The van der Waals surface area contributed by atoms with E-state index in [1.165, 1.54) is 32.6 Å². The van der Waals surface area contributed by atoms with Crippen LogP contribution in [-0.2, 0) is 0 Å². The summed E-state index contributed by atoms with van der Waals surface area (Å²) < 4.78 is 3.40. The molecule has 5 heteroatoms. The highest BCUT2D eigenvalue weighted by Gasteiger charge is 2.13. The standard InChI is InChI=1S/C21H26N3S.HI/c1-6-7-8-9-15-12-18-21(14-19(15)24(4)5)25-20-13-16(23(2)3)10-11-17(20)22-18;/h8-14H,6-7H2,1-5H3;1H/q+1;/p-1/b9-8+;. The number of rotatable bonds is 4. The lowest BCUT2D eigenvalue weighted by Gasteiger charge is -2.13. The largest absolute Gasteiger partial charge is 1.00 e. The molecule has 3 rings (SSSR count). The van der Waals surface area contributed by atoms with Crippen LogP contribution >= 0.6 is 11.3 Å². The molecule has 0 bridgehead atoms. The topological polar surface area (TPSA) is 19.1 Å². The number of aromatic nitrogens is 1. The molecule has 1 aromatic rings. The molecule has 0 radical (unpaired) electrons. The zero-order valence-electron chi connectivity index (χ0n) is 16.1. The molecule has 0 spiro atoms. The molecule has 0 unspecified atom stereocenters. The van der Waals surface area contributed by atoms with Crippen molar-refractivity contribution in [2.24, 2.45) is 0 Å². The number of hydrogen-bond acceptors (Lipinski definition) is 3. The molecule has 0 N–H and O–H groups in total. The molecule has 1 aliphatic heterocycles. The summed E-state index contributed by atoms with van der Waals surface area (Å²) in [6, 6.07) is 10.9. The van der Waals surface area contributed by atoms with E-state index in [2.05, 4.69) is 87.1 Å². The second kappa shape index (κ2) is 8.95. The first-order chi connectivity index (χ1) is 12.0. The first kappa shape index (κ1) is 20.8. The summed E-state index contributed by atoms with van der Waals surface area (Å²) in [5, 5.41) is 1.24. The van der Waals surface area contributed by atoms with E-state index in [1.54, 1.807) is 0 Å². The predicted octanol–water partition coefficient (Wildman–Crippen LogP) is 1.32. The second-order valence-corrected chi connectivity index (χ2v) is 7.81.